The lowest BCUT2D eigenvalue weighted by Gasteiger charge is -2.34. The van der Waals surface area contributed by atoms with Gasteiger partial charge < -0.3 is 20.3 Å². The highest BCUT2D eigenvalue weighted by molar-refractivity contribution is 6.30. The molecule has 2 aliphatic rings. The highest BCUT2D eigenvalue weighted by Crippen LogP contribution is 2.51. The summed E-state index contributed by atoms with van der Waals surface area (Å²) in [5.74, 6) is -2.74. The van der Waals surface area contributed by atoms with Crippen LogP contribution in [0.2, 0.25) is 10.0 Å². The van der Waals surface area contributed by atoms with Crippen LogP contribution in [0.5, 0.6) is 0 Å². The van der Waals surface area contributed by atoms with Gasteiger partial charge in [-0.25, -0.2) is 0 Å². The Kier molecular flexibility index (Phi) is 7.88. The molecule has 1 aliphatic carbocycles. The van der Waals surface area contributed by atoms with Crippen LogP contribution in [0.15, 0.2) is 54.7 Å². The van der Waals surface area contributed by atoms with Crippen molar-refractivity contribution in [3.05, 3.63) is 87.2 Å². The van der Waals surface area contributed by atoms with Crippen LogP contribution in [-0.2, 0) is 31.2 Å². The number of carbonyl (C=O) groups excluding carboxylic acids is 3. The van der Waals surface area contributed by atoms with Crippen molar-refractivity contribution in [2.24, 2.45) is 11.1 Å². The van der Waals surface area contributed by atoms with Crippen LogP contribution in [0.4, 0.5) is 4.48 Å². The van der Waals surface area contributed by atoms with Gasteiger partial charge in [0.1, 0.15) is 12.9 Å². The second-order valence-corrected chi connectivity index (χ2v) is 11.0. The summed E-state index contributed by atoms with van der Waals surface area (Å²) >= 11 is 12.1. The molecule has 0 radical (unpaired) electrons. The highest BCUT2D eigenvalue weighted by Gasteiger charge is 2.62. The number of aliphatic hydroxyl groups is 1. The van der Waals surface area contributed by atoms with Crippen LogP contribution >= 0.6 is 23.2 Å². The number of aliphatic hydroxyl groups excluding tert-OH is 1. The number of pyridine rings is 1. The molecule has 5 rings (SSSR count). The molecule has 9 nitrogen and oxygen atoms in total. The molecule has 1 aromatic heterocycles. The third kappa shape index (κ3) is 5.11. The molecule has 2 atom stereocenters. The van der Waals surface area contributed by atoms with E-state index in [0.717, 1.165) is 0 Å². The summed E-state index contributed by atoms with van der Waals surface area (Å²) in [6.07, 6.45) is 0.945. The molecular formula is C29H26Cl2FN3O6. The molecule has 2 aromatic carbocycles. The van der Waals surface area contributed by atoms with Crippen LogP contribution in [0.1, 0.15) is 46.9 Å². The number of aromatic nitrogens is 1. The summed E-state index contributed by atoms with van der Waals surface area (Å²) in [6.45, 7) is 0.0753. The monoisotopic (exact) mass is 601 g/mol. The Morgan fingerprint density at radius 1 is 1.12 bits per heavy atom. The number of amides is 2. The molecule has 41 heavy (non-hydrogen) atoms. The van der Waals surface area contributed by atoms with Gasteiger partial charge in [0, 0.05) is 28.9 Å². The van der Waals surface area contributed by atoms with Crippen LogP contribution in [0.25, 0.3) is 11.1 Å². The molecule has 1 aliphatic heterocycles. The van der Waals surface area contributed by atoms with Crippen LogP contribution in [0, 0.1) is 5.41 Å². The zero-order chi connectivity index (χ0) is 29.5. The zero-order valence-electron chi connectivity index (χ0n) is 21.9. The Labute approximate surface area is 244 Å². The van der Waals surface area contributed by atoms with E-state index in [4.69, 9.17) is 38.4 Å². The van der Waals surface area contributed by atoms with Gasteiger partial charge in [0.2, 0.25) is 11.7 Å². The SMILES string of the molecule is CC(OCO)C(=O)[C@]1(OCC2(C(N)=O)CC2)c2ccc(-c3ccc(Cl)cc3)c(Cc3ccc(Cl)cn3)c2C(=O)N1F. The van der Waals surface area contributed by atoms with E-state index in [0.29, 0.717) is 45.3 Å². The number of halogens is 3. The molecule has 2 amide bonds. The Morgan fingerprint density at radius 3 is 2.39 bits per heavy atom. The van der Waals surface area contributed by atoms with Crippen molar-refractivity contribution in [1.29, 1.82) is 0 Å². The summed E-state index contributed by atoms with van der Waals surface area (Å²) < 4.78 is 27.3. The minimum atomic E-state index is -2.59. The predicted molar refractivity (Wildman–Crippen MR) is 147 cm³/mol. The lowest BCUT2D eigenvalue weighted by molar-refractivity contribution is -0.221. The molecule has 0 bridgehead atoms. The number of benzene rings is 2. The van der Waals surface area contributed by atoms with E-state index >= 15 is 4.48 Å². The number of ketones is 1. The summed E-state index contributed by atoms with van der Waals surface area (Å²) in [4.78, 5) is 44.0. The van der Waals surface area contributed by atoms with Crippen molar-refractivity contribution in [2.45, 2.75) is 38.0 Å². The maximum atomic E-state index is 16.3. The molecular weight excluding hydrogens is 576 g/mol. The van der Waals surface area contributed by atoms with Gasteiger partial charge in [0.05, 0.1) is 22.6 Å². The van der Waals surface area contributed by atoms with Crippen LogP contribution in [-0.4, -0.2) is 52.3 Å². The summed E-state index contributed by atoms with van der Waals surface area (Å²) in [5, 5.41) is 9.95. The van der Waals surface area contributed by atoms with Crippen molar-refractivity contribution in [1.82, 2.24) is 10.1 Å². The molecule has 1 fully saturated rings. The first-order valence-corrected chi connectivity index (χ1v) is 13.5. The first kappa shape index (κ1) is 29.1. The fourth-order valence-electron chi connectivity index (χ4n) is 5.05. The average Bonchev–Trinajstić information content (AvgIpc) is 3.72. The standard InChI is InChI=1S/C29H26Cl2FN3O6/c1-16(40-15-36)25(37)29(41-14-28(10-11-28)27(33)39)23-9-8-21(17-2-4-18(30)5-3-17)22(24(23)26(38)35(29)32)12-20-7-6-19(31)13-34-20/h2-9,13,16,36H,10-12,14-15H2,1H3,(H2,33,39)/t16?,29-/m1/s1. The van der Waals surface area contributed by atoms with Crippen molar-refractivity contribution >= 4 is 40.8 Å². The van der Waals surface area contributed by atoms with E-state index in [2.05, 4.69) is 4.98 Å². The van der Waals surface area contributed by atoms with Gasteiger partial charge >= 0.3 is 0 Å². The van der Waals surface area contributed by atoms with Crippen molar-refractivity contribution in [2.75, 3.05) is 13.4 Å². The molecule has 2 heterocycles. The minimum Gasteiger partial charge on any atom is -0.371 e. The van der Waals surface area contributed by atoms with E-state index in [9.17, 15) is 19.5 Å². The van der Waals surface area contributed by atoms with Gasteiger partial charge in [-0.3, -0.25) is 19.4 Å². The lowest BCUT2D eigenvalue weighted by atomic mass is 9.86. The first-order chi connectivity index (χ1) is 19.5. The average molecular weight is 602 g/mol. The van der Waals surface area contributed by atoms with E-state index in [1.54, 1.807) is 42.5 Å². The molecule has 0 spiro atoms. The van der Waals surface area contributed by atoms with Gasteiger partial charge in [0.25, 0.3) is 11.6 Å². The smallest absolute Gasteiger partial charge is 0.285 e. The number of Topliss-reactive ketones (excluding diaryl/α,β-unsaturated/α-hetero) is 1. The Bertz CT molecular complexity index is 1510. The summed E-state index contributed by atoms with van der Waals surface area (Å²) in [6, 6.07) is 13.3. The first-order valence-electron chi connectivity index (χ1n) is 12.8. The maximum absolute atomic E-state index is 16.3. The Balaban J connectivity index is 1.72. The third-order valence-electron chi connectivity index (χ3n) is 7.61. The molecule has 214 valence electrons. The highest BCUT2D eigenvalue weighted by atomic mass is 35.5. The zero-order valence-corrected chi connectivity index (χ0v) is 23.4. The summed E-state index contributed by atoms with van der Waals surface area (Å²) in [7, 11) is 0. The third-order valence-corrected chi connectivity index (χ3v) is 8.09. The van der Waals surface area contributed by atoms with Gasteiger partial charge in [-0.15, -0.1) is 5.12 Å². The second kappa shape index (κ2) is 11.1. The van der Waals surface area contributed by atoms with E-state index in [1.165, 1.54) is 19.2 Å². The van der Waals surface area contributed by atoms with E-state index in [1.807, 2.05) is 0 Å². The van der Waals surface area contributed by atoms with Crippen molar-refractivity contribution < 1.29 is 33.4 Å². The number of rotatable bonds is 11. The molecule has 1 unspecified atom stereocenters. The van der Waals surface area contributed by atoms with Gasteiger partial charge in [-0.05, 0) is 60.7 Å². The topological polar surface area (TPSA) is 132 Å². The molecule has 12 heteroatoms. The van der Waals surface area contributed by atoms with Gasteiger partial charge in [-0.2, -0.15) is 0 Å². The number of ether oxygens (including phenoxy) is 2. The fourth-order valence-corrected chi connectivity index (χ4v) is 5.29. The molecule has 0 saturated heterocycles. The molecule has 3 aromatic rings. The molecule has 1 saturated carbocycles. The number of hydrogen-bond donors (Lipinski definition) is 2. The van der Waals surface area contributed by atoms with Gasteiger partial charge in [0.15, 0.2) is 0 Å². The van der Waals surface area contributed by atoms with Gasteiger partial charge in [-0.1, -0.05) is 51.9 Å². The minimum absolute atomic E-state index is 0.0645. The number of nitrogens with zero attached hydrogens (tertiary/aromatic N) is 2. The van der Waals surface area contributed by atoms with Crippen molar-refractivity contribution in [3.8, 4) is 11.1 Å². The fraction of sp³-hybridized carbons (Fsp3) is 0.310. The Morgan fingerprint density at radius 2 is 1.80 bits per heavy atom. The number of fused-ring (bicyclic) bond motifs is 1. The number of carbonyl (C=O) groups is 3. The lowest BCUT2D eigenvalue weighted by Crippen LogP contribution is -2.53. The quantitative estimate of drug-likeness (QED) is 0.247. The Hall–Kier alpha value is -3.41. The van der Waals surface area contributed by atoms with Crippen molar-refractivity contribution in [3.63, 3.8) is 0 Å². The largest absolute Gasteiger partial charge is 0.371 e. The second-order valence-electron chi connectivity index (χ2n) is 10.1. The predicted octanol–water partition coefficient (Wildman–Crippen LogP) is 4.35. The maximum Gasteiger partial charge on any atom is 0.285 e. The van der Waals surface area contributed by atoms with E-state index in [-0.39, 0.29) is 22.7 Å². The summed E-state index contributed by atoms with van der Waals surface area (Å²) in [5.41, 5.74) is 3.91. The van der Waals surface area contributed by atoms with Crippen LogP contribution in [0.3, 0.4) is 0 Å². The van der Waals surface area contributed by atoms with E-state index < -0.39 is 48.2 Å². The molecule has 3 N–H and O–H groups in total. The number of nitrogens with two attached hydrogens (primary N) is 1. The number of hydrogen-bond acceptors (Lipinski definition) is 7. The van der Waals surface area contributed by atoms with Crippen LogP contribution < -0.4 is 5.73 Å². The normalized spacial score (nSPS) is 19.6. The number of primary amides is 1.